The van der Waals surface area contributed by atoms with Gasteiger partial charge in [0.2, 0.25) is 0 Å². The quantitative estimate of drug-likeness (QED) is 0.217. The number of hydrogen-bond donors (Lipinski definition) is 0. The topological polar surface area (TPSA) is 120 Å². The molecule has 5 rings (SSSR count). The summed E-state index contributed by atoms with van der Waals surface area (Å²) in [4.78, 5) is 9.28. The second-order valence-electron chi connectivity index (χ2n) is 10.5. The van der Waals surface area contributed by atoms with E-state index in [1.807, 2.05) is 54.6 Å². The van der Waals surface area contributed by atoms with Crippen molar-refractivity contribution in [1.29, 1.82) is 0 Å². The summed E-state index contributed by atoms with van der Waals surface area (Å²) in [5, 5.41) is 4.77. The molecule has 2 heterocycles. The zero-order valence-corrected chi connectivity index (χ0v) is 24.9. The van der Waals surface area contributed by atoms with E-state index in [9.17, 15) is 16.8 Å². The average molecular weight is 588 g/mol. The zero-order chi connectivity index (χ0) is 29.6. The van der Waals surface area contributed by atoms with Crippen LogP contribution in [0.2, 0.25) is 0 Å². The van der Waals surface area contributed by atoms with E-state index in [1.165, 1.54) is 6.26 Å². The van der Waals surface area contributed by atoms with Crippen molar-refractivity contribution < 1.29 is 21.4 Å². The highest BCUT2D eigenvalue weighted by Gasteiger charge is 2.33. The lowest BCUT2D eigenvalue weighted by Crippen LogP contribution is -2.28. The number of nitrogens with zero attached hydrogens (tertiary/aromatic N) is 3. The van der Waals surface area contributed by atoms with Crippen molar-refractivity contribution in [2.75, 3.05) is 12.5 Å². The van der Waals surface area contributed by atoms with Gasteiger partial charge in [-0.2, -0.15) is 4.98 Å². The molecule has 0 saturated heterocycles. The average Bonchev–Trinajstić information content (AvgIpc) is 3.36. The lowest BCUT2D eigenvalue weighted by atomic mass is 9.90. The summed E-state index contributed by atoms with van der Waals surface area (Å²) in [5.74, 6) is 0.734. The predicted molar refractivity (Wildman–Crippen MR) is 161 cm³/mol. The molecule has 0 aliphatic carbocycles. The second-order valence-corrected chi connectivity index (χ2v) is 15.1. The van der Waals surface area contributed by atoms with Crippen molar-refractivity contribution in [2.45, 2.75) is 30.4 Å². The molecular formula is C31H29N3O5S2. The summed E-state index contributed by atoms with van der Waals surface area (Å²) < 4.78 is 54.0. The molecule has 8 nitrogen and oxygen atoms in total. The first kappa shape index (κ1) is 28.4. The van der Waals surface area contributed by atoms with Crippen molar-refractivity contribution in [3.05, 3.63) is 107 Å². The van der Waals surface area contributed by atoms with Crippen LogP contribution in [0.15, 0.2) is 88.4 Å². The van der Waals surface area contributed by atoms with Crippen LogP contribution in [-0.2, 0) is 24.4 Å². The largest absolute Gasteiger partial charge is 0.334 e. The molecule has 10 heteroatoms. The van der Waals surface area contributed by atoms with Gasteiger partial charge in [-0.25, -0.2) is 16.8 Å². The Hall–Kier alpha value is -4.15. The molecule has 0 unspecified atom stereocenters. The van der Waals surface area contributed by atoms with Crippen LogP contribution in [0, 0.1) is 6.92 Å². The molecule has 5 aromatic rings. The molecule has 0 saturated carbocycles. The minimum absolute atomic E-state index is 0.200. The third-order valence-corrected chi connectivity index (χ3v) is 10.4. The van der Waals surface area contributed by atoms with Crippen LogP contribution in [0.3, 0.4) is 0 Å². The van der Waals surface area contributed by atoms with E-state index in [0.29, 0.717) is 22.5 Å². The van der Waals surface area contributed by atoms with Gasteiger partial charge in [0.15, 0.2) is 25.5 Å². The van der Waals surface area contributed by atoms with Crippen molar-refractivity contribution >= 4 is 42.2 Å². The smallest absolute Gasteiger partial charge is 0.258 e. The van der Waals surface area contributed by atoms with E-state index in [2.05, 4.69) is 15.1 Å². The Balaban J connectivity index is 1.77. The number of aryl methyl sites for hydroxylation is 1. The Morgan fingerprint density at radius 3 is 2.22 bits per heavy atom. The standard InChI is InChI=1S/C31H29N3O5S2/c1-20-33-30(39-34-20)27(21-12-14-25(15-13-21)40(4,35)36)18-22-9-6-7-11-26(22)28-19-24(31(2,3)41(5,37)38)17-23-10-8-16-32-29(23)28/h6-19H,1-5H3/b27-18+. The minimum atomic E-state index is -3.44. The van der Waals surface area contributed by atoms with Gasteiger partial charge in [-0.3, -0.25) is 4.98 Å². The normalized spacial score (nSPS) is 13.0. The highest BCUT2D eigenvalue weighted by molar-refractivity contribution is 7.91. The number of sulfone groups is 2. The molecular weight excluding hydrogens is 558 g/mol. The molecule has 0 N–H and O–H groups in total. The maximum Gasteiger partial charge on any atom is 0.258 e. The SMILES string of the molecule is Cc1noc(/C(=C/c2ccccc2-c2cc(C(C)(C)S(C)(=O)=O)cc3cccnc23)c2ccc(S(C)(=O)=O)cc2)n1. The Bertz CT molecular complexity index is 2030. The van der Waals surface area contributed by atoms with Crippen LogP contribution >= 0.6 is 0 Å². The lowest BCUT2D eigenvalue weighted by Gasteiger charge is -2.25. The predicted octanol–water partition coefficient (Wildman–Crippen LogP) is 5.87. The van der Waals surface area contributed by atoms with Crippen LogP contribution in [0.4, 0.5) is 0 Å². The highest BCUT2D eigenvalue weighted by atomic mass is 32.2. The number of aromatic nitrogens is 3. The van der Waals surface area contributed by atoms with E-state index in [-0.39, 0.29) is 10.8 Å². The molecule has 0 amide bonds. The first-order valence-electron chi connectivity index (χ1n) is 12.8. The fourth-order valence-electron chi connectivity index (χ4n) is 4.54. The number of benzene rings is 3. The number of hydrogen-bond acceptors (Lipinski definition) is 8. The van der Waals surface area contributed by atoms with Gasteiger partial charge in [0.1, 0.15) is 0 Å². The van der Waals surface area contributed by atoms with Gasteiger partial charge in [-0.15, -0.1) is 0 Å². The Morgan fingerprint density at radius 2 is 1.59 bits per heavy atom. The van der Waals surface area contributed by atoms with Gasteiger partial charge in [0.25, 0.3) is 5.89 Å². The van der Waals surface area contributed by atoms with E-state index < -0.39 is 24.4 Å². The molecule has 2 aromatic heterocycles. The fourth-order valence-corrected chi connectivity index (χ4v) is 5.72. The van der Waals surface area contributed by atoms with Gasteiger partial charge in [-0.05, 0) is 79.4 Å². The third-order valence-electron chi connectivity index (χ3n) is 7.23. The van der Waals surface area contributed by atoms with Crippen LogP contribution in [-0.4, -0.2) is 44.5 Å². The van der Waals surface area contributed by atoms with Crippen LogP contribution in [0.5, 0.6) is 0 Å². The zero-order valence-electron chi connectivity index (χ0n) is 23.3. The Labute approximate surface area is 239 Å². The van der Waals surface area contributed by atoms with Gasteiger partial charge in [0, 0.05) is 35.2 Å². The summed E-state index contributed by atoms with van der Waals surface area (Å²) in [5.41, 5.74) is 5.06. The molecule has 0 bridgehead atoms. The molecule has 3 aromatic carbocycles. The van der Waals surface area contributed by atoms with Crippen LogP contribution in [0.1, 0.15) is 42.3 Å². The van der Waals surface area contributed by atoms with Crippen molar-refractivity contribution in [2.24, 2.45) is 0 Å². The second kappa shape index (κ2) is 10.4. The number of fused-ring (bicyclic) bond motifs is 1. The monoisotopic (exact) mass is 587 g/mol. The summed E-state index contributed by atoms with van der Waals surface area (Å²) in [6.45, 7) is 5.12. The van der Waals surface area contributed by atoms with Crippen LogP contribution < -0.4 is 0 Å². The Morgan fingerprint density at radius 1 is 0.878 bits per heavy atom. The number of rotatable bonds is 7. The van der Waals surface area contributed by atoms with Gasteiger partial charge in [0.05, 0.1) is 15.2 Å². The molecule has 0 atom stereocenters. The van der Waals surface area contributed by atoms with Crippen molar-refractivity contribution in [3.63, 3.8) is 0 Å². The first-order valence-corrected chi connectivity index (χ1v) is 16.5. The molecule has 0 radical (unpaired) electrons. The van der Waals surface area contributed by atoms with Crippen molar-refractivity contribution in [3.8, 4) is 11.1 Å². The summed E-state index contributed by atoms with van der Waals surface area (Å²) in [6, 6.07) is 21.7. The molecule has 210 valence electrons. The maximum absolute atomic E-state index is 12.8. The van der Waals surface area contributed by atoms with E-state index in [0.717, 1.165) is 33.8 Å². The Kier molecular flexibility index (Phi) is 7.17. The van der Waals surface area contributed by atoms with Crippen molar-refractivity contribution in [1.82, 2.24) is 15.1 Å². The lowest BCUT2D eigenvalue weighted by molar-refractivity contribution is 0.403. The van der Waals surface area contributed by atoms with Crippen LogP contribution in [0.25, 0.3) is 33.7 Å². The van der Waals surface area contributed by atoms with E-state index in [4.69, 9.17) is 4.52 Å². The molecule has 0 fully saturated rings. The maximum atomic E-state index is 12.8. The fraction of sp³-hybridized carbons (Fsp3) is 0.194. The van der Waals surface area contributed by atoms with E-state index >= 15 is 0 Å². The van der Waals surface area contributed by atoms with Gasteiger partial charge in [-0.1, -0.05) is 47.6 Å². The summed E-state index contributed by atoms with van der Waals surface area (Å²) in [7, 11) is -6.81. The highest BCUT2D eigenvalue weighted by Crippen LogP contribution is 2.38. The molecule has 0 aliphatic heterocycles. The minimum Gasteiger partial charge on any atom is -0.334 e. The third kappa shape index (κ3) is 5.57. The van der Waals surface area contributed by atoms with Gasteiger partial charge < -0.3 is 4.52 Å². The van der Waals surface area contributed by atoms with E-state index in [1.54, 1.807) is 51.2 Å². The first-order chi connectivity index (χ1) is 19.3. The summed E-state index contributed by atoms with van der Waals surface area (Å²) >= 11 is 0. The number of pyridine rings is 1. The molecule has 0 aliphatic rings. The van der Waals surface area contributed by atoms with Gasteiger partial charge >= 0.3 is 0 Å². The molecule has 41 heavy (non-hydrogen) atoms. The molecule has 0 spiro atoms. The summed E-state index contributed by atoms with van der Waals surface area (Å²) in [6.07, 6.45) is 6.01.